The minimum Gasteiger partial charge on any atom is -0.508 e. The number of aromatic hydroxyl groups is 2. The summed E-state index contributed by atoms with van der Waals surface area (Å²) < 4.78 is 10.6. The topological polar surface area (TPSA) is 66.7 Å². The standard InChI is InChI=1S/2C10H10O2/c1-6-3-10-8(4-9(6)11)7(2)5-12-10;1-6-3-8(11)4-9-7(2)5-12-10(6)9/h2*3-5,11H,1-2H3. The van der Waals surface area contributed by atoms with Crippen molar-refractivity contribution in [1.82, 2.24) is 0 Å². The number of furan rings is 2. The molecule has 124 valence electrons. The van der Waals surface area contributed by atoms with Gasteiger partial charge in [0.05, 0.1) is 12.5 Å². The minimum absolute atomic E-state index is 0.296. The van der Waals surface area contributed by atoms with E-state index >= 15 is 0 Å². The van der Waals surface area contributed by atoms with Gasteiger partial charge in [0, 0.05) is 10.8 Å². The van der Waals surface area contributed by atoms with Crippen LogP contribution in [0.15, 0.2) is 45.6 Å². The van der Waals surface area contributed by atoms with Crippen LogP contribution < -0.4 is 0 Å². The van der Waals surface area contributed by atoms with E-state index < -0.39 is 0 Å². The van der Waals surface area contributed by atoms with Gasteiger partial charge in [-0.3, -0.25) is 0 Å². The van der Waals surface area contributed by atoms with E-state index in [9.17, 15) is 10.2 Å². The summed E-state index contributed by atoms with van der Waals surface area (Å²) in [5.74, 6) is 0.622. The minimum atomic E-state index is 0.296. The molecule has 0 amide bonds. The molecule has 0 aliphatic rings. The van der Waals surface area contributed by atoms with Crippen molar-refractivity contribution >= 4 is 21.9 Å². The third-order valence-electron chi connectivity index (χ3n) is 4.12. The highest BCUT2D eigenvalue weighted by atomic mass is 16.3. The Morgan fingerprint density at radius 2 is 1.33 bits per heavy atom. The maximum Gasteiger partial charge on any atom is 0.137 e. The summed E-state index contributed by atoms with van der Waals surface area (Å²) in [7, 11) is 0. The van der Waals surface area contributed by atoms with Crippen molar-refractivity contribution in [2.24, 2.45) is 0 Å². The molecule has 2 aromatic heterocycles. The predicted molar refractivity (Wildman–Crippen MR) is 94.7 cm³/mol. The number of hydrogen-bond donors (Lipinski definition) is 2. The van der Waals surface area contributed by atoms with Gasteiger partial charge in [0.2, 0.25) is 0 Å². The van der Waals surface area contributed by atoms with Crippen LogP contribution in [-0.4, -0.2) is 10.2 Å². The fourth-order valence-corrected chi connectivity index (χ4v) is 2.71. The third-order valence-corrected chi connectivity index (χ3v) is 4.12. The monoisotopic (exact) mass is 324 g/mol. The Morgan fingerprint density at radius 3 is 2.08 bits per heavy atom. The molecule has 2 aromatic carbocycles. The maximum absolute atomic E-state index is 9.42. The lowest BCUT2D eigenvalue weighted by atomic mass is 10.1. The van der Waals surface area contributed by atoms with E-state index in [1.807, 2.05) is 33.8 Å². The van der Waals surface area contributed by atoms with Crippen LogP contribution in [0.25, 0.3) is 21.9 Å². The van der Waals surface area contributed by atoms with Crippen molar-refractivity contribution < 1.29 is 19.0 Å². The lowest BCUT2D eigenvalue weighted by Gasteiger charge is -1.97. The van der Waals surface area contributed by atoms with E-state index in [1.165, 1.54) is 0 Å². The van der Waals surface area contributed by atoms with Crippen LogP contribution in [0.2, 0.25) is 0 Å². The molecule has 4 heteroatoms. The predicted octanol–water partition coefficient (Wildman–Crippen LogP) is 5.51. The van der Waals surface area contributed by atoms with E-state index in [0.717, 1.165) is 44.2 Å². The average Bonchev–Trinajstić information content (AvgIpc) is 3.06. The Bertz CT molecular complexity index is 1020. The van der Waals surface area contributed by atoms with Gasteiger partial charge >= 0.3 is 0 Å². The molecule has 2 N–H and O–H groups in total. The van der Waals surface area contributed by atoms with Gasteiger partial charge in [-0.15, -0.1) is 0 Å². The highest BCUT2D eigenvalue weighted by Crippen LogP contribution is 2.28. The van der Waals surface area contributed by atoms with Gasteiger partial charge in [-0.25, -0.2) is 0 Å². The number of fused-ring (bicyclic) bond motifs is 2. The Balaban J connectivity index is 0.000000141. The third kappa shape index (κ3) is 2.83. The average molecular weight is 324 g/mol. The van der Waals surface area contributed by atoms with E-state index in [2.05, 4.69) is 0 Å². The second-order valence-electron chi connectivity index (χ2n) is 6.11. The second kappa shape index (κ2) is 5.96. The fraction of sp³-hybridized carbons (Fsp3) is 0.200. The van der Waals surface area contributed by atoms with Crippen molar-refractivity contribution in [3.05, 3.63) is 59.0 Å². The zero-order valence-corrected chi connectivity index (χ0v) is 14.2. The molecule has 24 heavy (non-hydrogen) atoms. The number of aryl methyl sites for hydroxylation is 4. The van der Waals surface area contributed by atoms with Crippen molar-refractivity contribution in [1.29, 1.82) is 0 Å². The zero-order chi connectivity index (χ0) is 17.4. The second-order valence-corrected chi connectivity index (χ2v) is 6.11. The van der Waals surface area contributed by atoms with Gasteiger partial charge in [0.1, 0.15) is 22.7 Å². The van der Waals surface area contributed by atoms with Gasteiger partial charge in [0.25, 0.3) is 0 Å². The molecule has 0 saturated carbocycles. The molecule has 0 aliphatic carbocycles. The summed E-state index contributed by atoms with van der Waals surface area (Å²) >= 11 is 0. The summed E-state index contributed by atoms with van der Waals surface area (Å²) in [5.41, 5.74) is 5.63. The maximum atomic E-state index is 9.42. The SMILES string of the molecule is Cc1cc2occ(C)c2cc1O.Cc1coc2c(C)cc(O)cc12. The molecule has 0 atom stereocenters. The normalized spacial score (nSPS) is 10.8. The van der Waals surface area contributed by atoms with Crippen molar-refractivity contribution in [3.63, 3.8) is 0 Å². The van der Waals surface area contributed by atoms with Crippen molar-refractivity contribution in [3.8, 4) is 11.5 Å². The fourth-order valence-electron chi connectivity index (χ4n) is 2.71. The molecule has 0 bridgehead atoms. The lowest BCUT2D eigenvalue weighted by molar-refractivity contribution is 0.471. The molecule has 0 unspecified atom stereocenters. The summed E-state index contributed by atoms with van der Waals surface area (Å²) in [4.78, 5) is 0. The molecule has 0 spiro atoms. The summed E-state index contributed by atoms with van der Waals surface area (Å²) in [6.07, 6.45) is 3.40. The molecule has 2 heterocycles. The van der Waals surface area contributed by atoms with Crippen LogP contribution >= 0.6 is 0 Å². The van der Waals surface area contributed by atoms with Crippen LogP contribution in [0, 0.1) is 27.7 Å². The van der Waals surface area contributed by atoms with Crippen molar-refractivity contribution in [2.45, 2.75) is 27.7 Å². The lowest BCUT2D eigenvalue weighted by Crippen LogP contribution is -1.74. The molecular formula is C20H20O4. The van der Waals surface area contributed by atoms with E-state index in [1.54, 1.807) is 30.7 Å². The Labute approximate surface area is 139 Å². The van der Waals surface area contributed by atoms with E-state index in [-0.39, 0.29) is 0 Å². The molecule has 0 radical (unpaired) electrons. The van der Waals surface area contributed by atoms with E-state index in [4.69, 9.17) is 8.83 Å². The molecule has 0 fully saturated rings. The van der Waals surface area contributed by atoms with Crippen LogP contribution in [0.1, 0.15) is 22.3 Å². The molecule has 0 aliphatic heterocycles. The number of phenols is 2. The number of hydrogen-bond acceptors (Lipinski definition) is 4. The molecule has 4 nitrogen and oxygen atoms in total. The Hall–Kier alpha value is -2.88. The number of benzene rings is 2. The highest BCUT2D eigenvalue weighted by Gasteiger charge is 2.06. The first-order valence-electron chi connectivity index (χ1n) is 7.71. The summed E-state index contributed by atoms with van der Waals surface area (Å²) in [6, 6.07) is 7.01. The van der Waals surface area contributed by atoms with Crippen LogP contribution in [0.4, 0.5) is 0 Å². The van der Waals surface area contributed by atoms with Crippen LogP contribution in [0.3, 0.4) is 0 Å². The smallest absolute Gasteiger partial charge is 0.137 e. The molecular weight excluding hydrogens is 304 g/mol. The largest absolute Gasteiger partial charge is 0.508 e. The quantitative estimate of drug-likeness (QED) is 0.447. The van der Waals surface area contributed by atoms with Gasteiger partial charge in [-0.1, -0.05) is 0 Å². The first kappa shape index (κ1) is 16.0. The van der Waals surface area contributed by atoms with Gasteiger partial charge in [-0.2, -0.15) is 0 Å². The van der Waals surface area contributed by atoms with Gasteiger partial charge in [-0.05, 0) is 74.2 Å². The van der Waals surface area contributed by atoms with Crippen LogP contribution in [0.5, 0.6) is 11.5 Å². The zero-order valence-electron chi connectivity index (χ0n) is 14.2. The highest BCUT2D eigenvalue weighted by molar-refractivity contribution is 5.85. The van der Waals surface area contributed by atoms with Crippen LogP contribution in [-0.2, 0) is 0 Å². The first-order valence-corrected chi connectivity index (χ1v) is 7.71. The van der Waals surface area contributed by atoms with Gasteiger partial charge in [0.15, 0.2) is 0 Å². The van der Waals surface area contributed by atoms with Gasteiger partial charge < -0.3 is 19.0 Å². The molecule has 0 saturated heterocycles. The molecule has 4 rings (SSSR count). The number of rotatable bonds is 0. The summed E-state index contributed by atoms with van der Waals surface area (Å²) in [6.45, 7) is 7.70. The Kier molecular flexibility index (Phi) is 3.97. The summed E-state index contributed by atoms with van der Waals surface area (Å²) in [5, 5.41) is 20.7. The Morgan fingerprint density at radius 1 is 0.667 bits per heavy atom. The number of phenolic OH excluding ortho intramolecular Hbond substituents is 2. The van der Waals surface area contributed by atoms with E-state index in [0.29, 0.717) is 11.5 Å². The first-order chi connectivity index (χ1) is 11.4. The molecule has 4 aromatic rings. The van der Waals surface area contributed by atoms with Crippen molar-refractivity contribution in [2.75, 3.05) is 0 Å².